The predicted molar refractivity (Wildman–Crippen MR) is 87.3 cm³/mol. The molecule has 0 bridgehead atoms. The molecule has 0 heterocycles. The van der Waals surface area contributed by atoms with Crippen molar-refractivity contribution in [1.29, 1.82) is 0 Å². The average Bonchev–Trinajstić information content (AvgIpc) is 2.64. The standard InChI is InChI=1S/C18H17F2NO5/c19-14-6-12(7-15(20)13(14)9-22)17(24)16(23)8-21-18(25)26-10-11-4-2-1-3-5-11/h1-7,9,16-17,23-24H,8,10H2,(H,21,25). The van der Waals surface area contributed by atoms with Gasteiger partial charge in [-0.1, -0.05) is 30.3 Å². The van der Waals surface area contributed by atoms with E-state index in [2.05, 4.69) is 5.32 Å². The molecule has 2 aromatic rings. The maximum Gasteiger partial charge on any atom is 0.407 e. The van der Waals surface area contributed by atoms with Crippen LogP contribution in [-0.4, -0.2) is 35.2 Å². The Morgan fingerprint density at radius 3 is 2.35 bits per heavy atom. The molecular formula is C18H17F2NO5. The summed E-state index contributed by atoms with van der Waals surface area (Å²) < 4.78 is 32.0. The van der Waals surface area contributed by atoms with Crippen molar-refractivity contribution in [3.05, 3.63) is 70.8 Å². The molecule has 0 spiro atoms. The van der Waals surface area contributed by atoms with Gasteiger partial charge >= 0.3 is 6.09 Å². The molecule has 6 nitrogen and oxygen atoms in total. The van der Waals surface area contributed by atoms with Crippen LogP contribution in [0.5, 0.6) is 0 Å². The first-order chi connectivity index (χ1) is 12.4. The Labute approximate surface area is 148 Å². The van der Waals surface area contributed by atoms with Crippen LogP contribution < -0.4 is 5.32 Å². The molecule has 0 aliphatic heterocycles. The number of amides is 1. The Morgan fingerprint density at radius 1 is 1.15 bits per heavy atom. The fraction of sp³-hybridized carbons (Fsp3) is 0.222. The third-order valence-corrected chi connectivity index (χ3v) is 3.59. The first kappa shape index (κ1) is 19.5. The largest absolute Gasteiger partial charge is 0.445 e. The number of halogens is 2. The summed E-state index contributed by atoms with van der Waals surface area (Å²) in [6, 6.07) is 10.4. The highest BCUT2D eigenvalue weighted by Gasteiger charge is 2.22. The summed E-state index contributed by atoms with van der Waals surface area (Å²) >= 11 is 0. The third kappa shape index (κ3) is 5.08. The molecule has 0 saturated heterocycles. The van der Waals surface area contributed by atoms with Crippen LogP contribution in [0.3, 0.4) is 0 Å². The minimum atomic E-state index is -1.67. The number of aldehydes is 1. The van der Waals surface area contributed by atoms with Crippen molar-refractivity contribution in [2.45, 2.75) is 18.8 Å². The summed E-state index contributed by atoms with van der Waals surface area (Å²) in [6.45, 7) is -0.387. The monoisotopic (exact) mass is 365 g/mol. The molecular weight excluding hydrogens is 348 g/mol. The minimum Gasteiger partial charge on any atom is -0.445 e. The lowest BCUT2D eigenvalue weighted by Crippen LogP contribution is -2.35. The van der Waals surface area contributed by atoms with Gasteiger partial charge in [-0.05, 0) is 23.3 Å². The molecule has 0 aliphatic rings. The highest BCUT2D eigenvalue weighted by Crippen LogP contribution is 2.21. The van der Waals surface area contributed by atoms with Crippen molar-refractivity contribution in [2.75, 3.05) is 6.54 Å². The number of hydrogen-bond acceptors (Lipinski definition) is 5. The molecule has 1 amide bonds. The summed E-state index contributed by atoms with van der Waals surface area (Å²) in [5.74, 6) is -2.31. The number of aliphatic hydroxyl groups is 2. The summed E-state index contributed by atoms with van der Waals surface area (Å²) in [5.41, 5.74) is -0.264. The van der Waals surface area contributed by atoms with Crippen molar-refractivity contribution in [2.24, 2.45) is 0 Å². The first-order valence-corrected chi connectivity index (χ1v) is 7.67. The Morgan fingerprint density at radius 2 is 1.77 bits per heavy atom. The van der Waals surface area contributed by atoms with Crippen LogP contribution in [-0.2, 0) is 11.3 Å². The van der Waals surface area contributed by atoms with Crippen molar-refractivity contribution >= 4 is 12.4 Å². The fourth-order valence-electron chi connectivity index (χ4n) is 2.18. The second-order valence-corrected chi connectivity index (χ2v) is 5.47. The quantitative estimate of drug-likeness (QED) is 0.653. The van der Waals surface area contributed by atoms with E-state index in [1.165, 1.54) is 0 Å². The lowest BCUT2D eigenvalue weighted by atomic mass is 10.0. The number of hydrogen-bond donors (Lipinski definition) is 3. The van der Waals surface area contributed by atoms with Crippen LogP contribution in [0.25, 0.3) is 0 Å². The van der Waals surface area contributed by atoms with E-state index >= 15 is 0 Å². The molecule has 2 atom stereocenters. The Hall–Kier alpha value is -2.84. The van der Waals surface area contributed by atoms with E-state index < -0.39 is 42.0 Å². The smallest absolute Gasteiger partial charge is 0.407 e. The van der Waals surface area contributed by atoms with Crippen LogP contribution in [0.1, 0.15) is 27.6 Å². The van der Waals surface area contributed by atoms with E-state index in [4.69, 9.17) is 4.74 Å². The molecule has 3 N–H and O–H groups in total. The van der Waals surface area contributed by atoms with Crippen molar-refractivity contribution in [3.8, 4) is 0 Å². The second-order valence-electron chi connectivity index (χ2n) is 5.47. The van der Waals surface area contributed by atoms with Gasteiger partial charge in [0.25, 0.3) is 0 Å². The number of carbonyl (C=O) groups excluding carboxylic acids is 2. The van der Waals surface area contributed by atoms with Gasteiger partial charge in [0.1, 0.15) is 30.4 Å². The Kier molecular flexibility index (Phi) is 6.76. The van der Waals surface area contributed by atoms with Crippen LogP contribution in [0.15, 0.2) is 42.5 Å². The van der Waals surface area contributed by atoms with Gasteiger partial charge in [0.15, 0.2) is 6.29 Å². The average molecular weight is 365 g/mol. The van der Waals surface area contributed by atoms with E-state index in [0.717, 1.165) is 17.7 Å². The zero-order chi connectivity index (χ0) is 19.1. The lowest BCUT2D eigenvalue weighted by molar-refractivity contribution is 0.0180. The Balaban J connectivity index is 1.87. The number of alkyl carbamates (subject to hydrolysis) is 1. The van der Waals surface area contributed by atoms with Crippen LogP contribution in [0.2, 0.25) is 0 Å². The minimum absolute atomic E-state index is 0.0154. The Bertz CT molecular complexity index is 746. The van der Waals surface area contributed by atoms with E-state index in [0.29, 0.717) is 0 Å². The number of nitrogens with one attached hydrogen (secondary N) is 1. The molecule has 138 valence electrons. The van der Waals surface area contributed by atoms with Gasteiger partial charge in [-0.15, -0.1) is 0 Å². The maximum absolute atomic E-state index is 13.6. The highest BCUT2D eigenvalue weighted by atomic mass is 19.1. The molecule has 2 rings (SSSR count). The van der Waals surface area contributed by atoms with Crippen molar-refractivity contribution in [1.82, 2.24) is 5.32 Å². The first-order valence-electron chi connectivity index (χ1n) is 7.67. The van der Waals surface area contributed by atoms with Crippen LogP contribution in [0.4, 0.5) is 13.6 Å². The molecule has 26 heavy (non-hydrogen) atoms. The van der Waals surface area contributed by atoms with Gasteiger partial charge in [-0.25, -0.2) is 13.6 Å². The lowest BCUT2D eigenvalue weighted by Gasteiger charge is -2.19. The molecule has 2 unspecified atom stereocenters. The van der Waals surface area contributed by atoms with Gasteiger partial charge < -0.3 is 20.3 Å². The van der Waals surface area contributed by atoms with Crippen LogP contribution in [0, 0.1) is 11.6 Å². The molecule has 0 aromatic heterocycles. The number of aliphatic hydroxyl groups excluding tert-OH is 2. The van der Waals surface area contributed by atoms with Gasteiger partial charge in [0.05, 0.1) is 5.56 Å². The summed E-state index contributed by atoms with van der Waals surface area (Å²) in [5, 5.41) is 22.1. The summed E-state index contributed by atoms with van der Waals surface area (Å²) in [4.78, 5) is 22.1. The van der Waals surface area contributed by atoms with E-state index in [1.54, 1.807) is 24.3 Å². The fourth-order valence-corrected chi connectivity index (χ4v) is 2.18. The third-order valence-electron chi connectivity index (χ3n) is 3.59. The number of benzene rings is 2. The van der Waals surface area contributed by atoms with Crippen molar-refractivity contribution < 1.29 is 33.3 Å². The van der Waals surface area contributed by atoms with E-state index in [1.807, 2.05) is 6.07 Å². The summed E-state index contributed by atoms with van der Waals surface area (Å²) in [6.07, 6.45) is -4.02. The van der Waals surface area contributed by atoms with Crippen molar-refractivity contribution in [3.63, 3.8) is 0 Å². The highest BCUT2D eigenvalue weighted by molar-refractivity contribution is 5.75. The normalized spacial score (nSPS) is 12.9. The molecule has 2 aromatic carbocycles. The predicted octanol–water partition coefficient (Wildman–Crippen LogP) is 2.10. The number of rotatable bonds is 7. The zero-order valence-electron chi connectivity index (χ0n) is 13.6. The molecule has 0 saturated carbocycles. The van der Waals surface area contributed by atoms with Gasteiger partial charge in [0.2, 0.25) is 0 Å². The van der Waals surface area contributed by atoms with Gasteiger partial charge in [-0.2, -0.15) is 0 Å². The number of carbonyl (C=O) groups is 2. The number of ether oxygens (including phenoxy) is 1. The zero-order valence-corrected chi connectivity index (χ0v) is 13.6. The van der Waals surface area contributed by atoms with Gasteiger partial charge in [0, 0.05) is 6.54 Å². The molecule has 8 heteroatoms. The van der Waals surface area contributed by atoms with Crippen LogP contribution >= 0.6 is 0 Å². The molecule has 0 aliphatic carbocycles. The van der Waals surface area contributed by atoms with E-state index in [-0.39, 0.29) is 18.5 Å². The second kappa shape index (κ2) is 9.02. The molecule has 0 radical (unpaired) electrons. The van der Waals surface area contributed by atoms with E-state index in [9.17, 15) is 28.6 Å². The van der Waals surface area contributed by atoms with Gasteiger partial charge in [-0.3, -0.25) is 4.79 Å². The topological polar surface area (TPSA) is 95.9 Å². The summed E-state index contributed by atoms with van der Waals surface area (Å²) in [7, 11) is 0. The maximum atomic E-state index is 13.6. The SMILES string of the molecule is O=Cc1c(F)cc(C(O)C(O)CNC(=O)OCc2ccccc2)cc1F. The molecule has 0 fully saturated rings.